The summed E-state index contributed by atoms with van der Waals surface area (Å²) in [4.78, 5) is 39.7. The molecule has 8 nitrogen and oxygen atoms in total. The number of aromatic nitrogens is 1. The Hall–Kier alpha value is -4.07. The average Bonchev–Trinajstić information content (AvgIpc) is 3.34. The van der Waals surface area contributed by atoms with Gasteiger partial charge >= 0.3 is 12.1 Å². The number of carboxylic acid groups (broad SMARTS) is 1. The third-order valence-electron chi connectivity index (χ3n) is 6.82. The highest BCUT2D eigenvalue weighted by molar-refractivity contribution is 5.86. The molecule has 1 unspecified atom stereocenters. The van der Waals surface area contributed by atoms with Crippen LogP contribution in [0.4, 0.5) is 4.79 Å². The van der Waals surface area contributed by atoms with E-state index in [1.54, 1.807) is 6.20 Å². The van der Waals surface area contributed by atoms with Gasteiger partial charge in [0.05, 0.1) is 5.92 Å². The average molecular weight is 474 g/mol. The second-order valence-electron chi connectivity index (χ2n) is 9.11. The zero-order chi connectivity index (χ0) is 24.4. The number of ether oxygens (including phenoxy) is 1. The van der Waals surface area contributed by atoms with Crippen LogP contribution in [0.2, 0.25) is 0 Å². The van der Waals surface area contributed by atoms with Crippen molar-refractivity contribution in [1.29, 1.82) is 0 Å². The summed E-state index contributed by atoms with van der Waals surface area (Å²) in [5.74, 6) is -1.77. The summed E-state index contributed by atoms with van der Waals surface area (Å²) >= 11 is 0. The lowest BCUT2D eigenvalue weighted by Crippen LogP contribution is -2.49. The van der Waals surface area contributed by atoms with Gasteiger partial charge in [-0.05, 0) is 46.7 Å². The van der Waals surface area contributed by atoms with Crippen LogP contribution < -0.4 is 10.6 Å². The van der Waals surface area contributed by atoms with Crippen LogP contribution in [0.15, 0.2) is 66.9 Å². The molecule has 4 N–H and O–H groups in total. The number of hydrogen-bond acceptors (Lipinski definition) is 4. The fraction of sp³-hybridized carbons (Fsp3) is 0.296. The van der Waals surface area contributed by atoms with Crippen molar-refractivity contribution in [3.05, 3.63) is 83.7 Å². The topological polar surface area (TPSA) is 121 Å². The first kappa shape index (κ1) is 22.7. The molecule has 180 valence electrons. The molecule has 1 fully saturated rings. The molecule has 1 saturated carbocycles. The van der Waals surface area contributed by atoms with E-state index >= 15 is 0 Å². The van der Waals surface area contributed by atoms with Gasteiger partial charge in [0.25, 0.3) is 0 Å². The van der Waals surface area contributed by atoms with Crippen LogP contribution >= 0.6 is 0 Å². The summed E-state index contributed by atoms with van der Waals surface area (Å²) in [6.07, 6.45) is 1.89. The molecule has 2 aliphatic rings. The second kappa shape index (κ2) is 9.66. The van der Waals surface area contributed by atoms with Gasteiger partial charge in [0.15, 0.2) is 0 Å². The first-order valence-corrected chi connectivity index (χ1v) is 11.8. The number of carbonyl (C=O) groups excluding carboxylic acids is 2. The number of carbonyl (C=O) groups is 3. The molecule has 2 amide bonds. The molecule has 0 spiro atoms. The summed E-state index contributed by atoms with van der Waals surface area (Å²) in [5, 5.41) is 14.5. The van der Waals surface area contributed by atoms with Gasteiger partial charge in [0.1, 0.15) is 12.6 Å². The Kier molecular flexibility index (Phi) is 6.27. The van der Waals surface area contributed by atoms with E-state index in [1.165, 1.54) is 0 Å². The molecule has 3 aromatic rings. The largest absolute Gasteiger partial charge is 0.481 e. The van der Waals surface area contributed by atoms with E-state index in [4.69, 9.17) is 9.84 Å². The monoisotopic (exact) mass is 473 g/mol. The van der Waals surface area contributed by atoms with E-state index in [2.05, 4.69) is 27.8 Å². The molecule has 35 heavy (non-hydrogen) atoms. The number of carboxylic acids is 1. The molecule has 2 aromatic carbocycles. The van der Waals surface area contributed by atoms with Crippen molar-refractivity contribution in [1.82, 2.24) is 15.6 Å². The summed E-state index contributed by atoms with van der Waals surface area (Å²) in [6.45, 7) is 0.419. The van der Waals surface area contributed by atoms with E-state index in [-0.39, 0.29) is 37.3 Å². The van der Waals surface area contributed by atoms with Crippen molar-refractivity contribution in [3.63, 3.8) is 0 Å². The highest BCUT2D eigenvalue weighted by Gasteiger charge is 2.43. The minimum Gasteiger partial charge on any atom is -0.481 e. The molecular formula is C27H27N3O5. The van der Waals surface area contributed by atoms with Gasteiger partial charge in [0, 0.05) is 30.8 Å². The van der Waals surface area contributed by atoms with Crippen LogP contribution in [-0.2, 0) is 20.7 Å². The van der Waals surface area contributed by atoms with E-state index < -0.39 is 24.0 Å². The second-order valence-corrected chi connectivity index (χ2v) is 9.11. The maximum absolute atomic E-state index is 12.9. The Labute approximate surface area is 202 Å². The van der Waals surface area contributed by atoms with Crippen molar-refractivity contribution in [2.45, 2.75) is 24.8 Å². The number of H-pyrrole nitrogens is 1. The van der Waals surface area contributed by atoms with E-state index in [1.807, 2.05) is 48.5 Å². The standard InChI is InChI=1S/C27H27N3O5/c31-25(29-14-16-12-22(16)26(32)33)24(13-17-6-5-11-28-17)30-27(34)35-15-23-20-9-3-1-7-18(20)19-8-2-4-10-21(19)23/h1-11,16,22-24,28H,12-15H2,(H,29,31)(H,30,34)(H,32,33)/t16-,22-,24?/m0/s1. The zero-order valence-corrected chi connectivity index (χ0v) is 19.1. The van der Waals surface area contributed by atoms with E-state index in [0.29, 0.717) is 6.42 Å². The molecule has 0 saturated heterocycles. The van der Waals surface area contributed by atoms with Gasteiger partial charge < -0.3 is 25.5 Å². The molecule has 5 rings (SSSR count). The van der Waals surface area contributed by atoms with Crippen molar-refractivity contribution in [2.75, 3.05) is 13.2 Å². The smallest absolute Gasteiger partial charge is 0.407 e. The van der Waals surface area contributed by atoms with Crippen molar-refractivity contribution in [3.8, 4) is 11.1 Å². The van der Waals surface area contributed by atoms with Crippen LogP contribution in [0.5, 0.6) is 0 Å². The summed E-state index contributed by atoms with van der Waals surface area (Å²) in [7, 11) is 0. The Morgan fingerprint density at radius 1 is 1.00 bits per heavy atom. The highest BCUT2D eigenvalue weighted by atomic mass is 16.5. The van der Waals surface area contributed by atoms with Crippen LogP contribution in [-0.4, -0.2) is 47.3 Å². The Balaban J connectivity index is 1.22. The van der Waals surface area contributed by atoms with Gasteiger partial charge in [-0.1, -0.05) is 48.5 Å². The van der Waals surface area contributed by atoms with Crippen molar-refractivity contribution in [2.24, 2.45) is 11.8 Å². The maximum Gasteiger partial charge on any atom is 0.407 e. The molecule has 1 aromatic heterocycles. The Morgan fingerprint density at radius 2 is 1.69 bits per heavy atom. The molecular weight excluding hydrogens is 446 g/mol. The number of fused-ring (bicyclic) bond motifs is 3. The first-order chi connectivity index (χ1) is 17.0. The number of aliphatic carboxylic acids is 1. The van der Waals surface area contributed by atoms with E-state index in [9.17, 15) is 14.4 Å². The van der Waals surface area contributed by atoms with Gasteiger partial charge in [-0.3, -0.25) is 9.59 Å². The number of benzene rings is 2. The van der Waals surface area contributed by atoms with Gasteiger partial charge in [0.2, 0.25) is 5.91 Å². The van der Waals surface area contributed by atoms with Gasteiger partial charge in [-0.15, -0.1) is 0 Å². The number of aromatic amines is 1. The number of alkyl carbamates (subject to hydrolysis) is 1. The minimum atomic E-state index is -0.855. The van der Waals surface area contributed by atoms with Crippen molar-refractivity contribution >= 4 is 18.0 Å². The Bertz CT molecular complexity index is 1190. The minimum absolute atomic E-state index is 0.0722. The quantitative estimate of drug-likeness (QED) is 0.380. The lowest BCUT2D eigenvalue weighted by Gasteiger charge is -2.19. The van der Waals surface area contributed by atoms with Crippen LogP contribution in [0.3, 0.4) is 0 Å². The lowest BCUT2D eigenvalue weighted by molar-refractivity contribution is -0.139. The number of amides is 2. The molecule has 3 atom stereocenters. The van der Waals surface area contributed by atoms with Gasteiger partial charge in [-0.25, -0.2) is 4.79 Å². The third kappa shape index (κ3) is 4.91. The lowest BCUT2D eigenvalue weighted by atomic mass is 9.98. The predicted molar refractivity (Wildman–Crippen MR) is 129 cm³/mol. The first-order valence-electron chi connectivity index (χ1n) is 11.8. The SMILES string of the molecule is O=C(NC(Cc1ccc[nH]1)C(=O)NC[C@@H]1C[C@@H]1C(=O)O)OCC1c2ccccc2-c2ccccc21. The third-order valence-corrected chi connectivity index (χ3v) is 6.82. The molecule has 0 bridgehead atoms. The predicted octanol–water partition coefficient (Wildman–Crippen LogP) is 3.30. The highest BCUT2D eigenvalue weighted by Crippen LogP contribution is 2.44. The molecule has 2 aliphatic carbocycles. The molecule has 1 heterocycles. The Morgan fingerprint density at radius 3 is 2.29 bits per heavy atom. The van der Waals surface area contributed by atoms with E-state index in [0.717, 1.165) is 27.9 Å². The van der Waals surface area contributed by atoms with Crippen LogP contribution in [0.25, 0.3) is 11.1 Å². The van der Waals surface area contributed by atoms with Crippen LogP contribution in [0, 0.1) is 11.8 Å². The van der Waals surface area contributed by atoms with Gasteiger partial charge in [-0.2, -0.15) is 0 Å². The molecule has 8 heteroatoms. The number of hydrogen-bond donors (Lipinski definition) is 4. The summed E-state index contributed by atoms with van der Waals surface area (Å²) in [6, 6.07) is 19.0. The number of nitrogens with one attached hydrogen (secondary N) is 3. The van der Waals surface area contributed by atoms with Crippen LogP contribution in [0.1, 0.15) is 29.2 Å². The number of rotatable bonds is 9. The normalized spacial score (nSPS) is 18.7. The summed E-state index contributed by atoms with van der Waals surface area (Å²) < 4.78 is 5.61. The fourth-order valence-corrected chi connectivity index (χ4v) is 4.84. The fourth-order valence-electron chi connectivity index (χ4n) is 4.84. The van der Waals surface area contributed by atoms with Crippen molar-refractivity contribution < 1.29 is 24.2 Å². The zero-order valence-electron chi connectivity index (χ0n) is 19.1. The maximum atomic E-state index is 12.9. The summed E-state index contributed by atoms with van der Waals surface area (Å²) in [5.41, 5.74) is 5.29. The molecule has 0 aliphatic heterocycles. The molecule has 0 radical (unpaired) electrons.